The molecule has 100 valence electrons. The molecule has 6 nitrogen and oxygen atoms in total. The van der Waals surface area contributed by atoms with E-state index >= 15 is 0 Å². The van der Waals surface area contributed by atoms with E-state index in [1.165, 1.54) is 0 Å². The van der Waals surface area contributed by atoms with Gasteiger partial charge in [-0.2, -0.15) is 4.98 Å². The molecule has 2 aromatic rings. The molecule has 0 aromatic carbocycles. The Morgan fingerprint density at radius 2 is 2.26 bits per heavy atom. The SMILES string of the molecule is Cc1nc(CC(C)NC(=O)c2cccc(Br)n2)no1. The topological polar surface area (TPSA) is 80.9 Å². The molecular formula is C12H13BrN4O2. The van der Waals surface area contributed by atoms with Crippen molar-refractivity contribution in [3.8, 4) is 0 Å². The number of nitrogens with one attached hydrogen (secondary N) is 1. The maximum Gasteiger partial charge on any atom is 0.270 e. The number of pyridine rings is 1. The van der Waals surface area contributed by atoms with Gasteiger partial charge in [-0.15, -0.1) is 0 Å². The van der Waals surface area contributed by atoms with Gasteiger partial charge in [0.15, 0.2) is 5.82 Å². The van der Waals surface area contributed by atoms with E-state index in [1.54, 1.807) is 25.1 Å². The Hall–Kier alpha value is -1.76. The molecule has 2 heterocycles. The van der Waals surface area contributed by atoms with Gasteiger partial charge in [-0.3, -0.25) is 4.79 Å². The van der Waals surface area contributed by atoms with E-state index in [2.05, 4.69) is 36.4 Å². The number of carbonyl (C=O) groups is 1. The van der Waals surface area contributed by atoms with Crippen LogP contribution in [0.1, 0.15) is 29.1 Å². The van der Waals surface area contributed by atoms with E-state index in [0.717, 1.165) is 0 Å². The molecule has 0 spiro atoms. The molecule has 1 N–H and O–H groups in total. The number of carbonyl (C=O) groups excluding carboxylic acids is 1. The van der Waals surface area contributed by atoms with Crippen LogP contribution in [0.5, 0.6) is 0 Å². The van der Waals surface area contributed by atoms with Crippen LogP contribution in [-0.2, 0) is 6.42 Å². The Morgan fingerprint density at radius 3 is 2.89 bits per heavy atom. The molecule has 0 bridgehead atoms. The number of hydrogen-bond donors (Lipinski definition) is 1. The zero-order valence-corrected chi connectivity index (χ0v) is 12.1. The van der Waals surface area contributed by atoms with E-state index in [4.69, 9.17) is 4.52 Å². The standard InChI is InChI=1S/C12H13BrN4O2/c1-7(6-11-15-8(2)19-17-11)14-12(18)9-4-3-5-10(13)16-9/h3-5,7H,6H2,1-2H3,(H,14,18). The highest BCUT2D eigenvalue weighted by Crippen LogP contribution is 2.07. The summed E-state index contributed by atoms with van der Waals surface area (Å²) in [6.07, 6.45) is 0.511. The van der Waals surface area contributed by atoms with Crippen molar-refractivity contribution in [1.29, 1.82) is 0 Å². The second-order valence-electron chi connectivity index (χ2n) is 4.15. The number of nitrogens with zero attached hydrogens (tertiary/aromatic N) is 3. The van der Waals surface area contributed by atoms with E-state index < -0.39 is 0 Å². The molecule has 0 aliphatic carbocycles. The van der Waals surface area contributed by atoms with Gasteiger partial charge < -0.3 is 9.84 Å². The fraction of sp³-hybridized carbons (Fsp3) is 0.333. The Labute approximate surface area is 118 Å². The number of amides is 1. The lowest BCUT2D eigenvalue weighted by Crippen LogP contribution is -2.34. The van der Waals surface area contributed by atoms with Crippen molar-refractivity contribution < 1.29 is 9.32 Å². The number of halogens is 1. The first kappa shape index (κ1) is 13.7. The van der Waals surface area contributed by atoms with Gasteiger partial charge in [0.25, 0.3) is 5.91 Å². The molecule has 0 aliphatic heterocycles. The van der Waals surface area contributed by atoms with Gasteiger partial charge in [0.2, 0.25) is 5.89 Å². The summed E-state index contributed by atoms with van der Waals surface area (Å²) in [6.45, 7) is 3.60. The summed E-state index contributed by atoms with van der Waals surface area (Å²) in [5.74, 6) is 0.865. The second-order valence-corrected chi connectivity index (χ2v) is 4.97. The van der Waals surface area contributed by atoms with E-state index in [9.17, 15) is 4.79 Å². The third kappa shape index (κ3) is 3.85. The monoisotopic (exact) mass is 324 g/mol. The van der Waals surface area contributed by atoms with Crippen molar-refractivity contribution in [1.82, 2.24) is 20.4 Å². The van der Waals surface area contributed by atoms with E-state index in [0.29, 0.717) is 28.4 Å². The molecule has 1 unspecified atom stereocenters. The van der Waals surface area contributed by atoms with Gasteiger partial charge in [0.1, 0.15) is 10.3 Å². The molecule has 0 saturated carbocycles. The van der Waals surface area contributed by atoms with Crippen molar-refractivity contribution in [2.45, 2.75) is 26.3 Å². The highest BCUT2D eigenvalue weighted by atomic mass is 79.9. The summed E-state index contributed by atoms with van der Waals surface area (Å²) in [7, 11) is 0. The van der Waals surface area contributed by atoms with Crippen LogP contribution in [0.3, 0.4) is 0 Å². The molecule has 0 saturated heterocycles. The zero-order valence-electron chi connectivity index (χ0n) is 10.6. The summed E-state index contributed by atoms with van der Waals surface area (Å²) in [6, 6.07) is 5.08. The van der Waals surface area contributed by atoms with Gasteiger partial charge in [0, 0.05) is 19.4 Å². The Balaban J connectivity index is 1.95. The Kier molecular flexibility index (Phi) is 4.26. The summed E-state index contributed by atoms with van der Waals surface area (Å²) < 4.78 is 5.50. The number of hydrogen-bond acceptors (Lipinski definition) is 5. The minimum absolute atomic E-state index is 0.106. The first-order valence-corrected chi connectivity index (χ1v) is 6.56. The lowest BCUT2D eigenvalue weighted by molar-refractivity contribution is 0.0934. The molecule has 0 radical (unpaired) electrons. The average Bonchev–Trinajstić information content (AvgIpc) is 2.74. The van der Waals surface area contributed by atoms with Crippen molar-refractivity contribution >= 4 is 21.8 Å². The fourth-order valence-corrected chi connectivity index (χ4v) is 1.93. The average molecular weight is 325 g/mol. The smallest absolute Gasteiger partial charge is 0.270 e. The Morgan fingerprint density at radius 1 is 1.47 bits per heavy atom. The lowest BCUT2D eigenvalue weighted by Gasteiger charge is -2.11. The van der Waals surface area contributed by atoms with Crippen LogP contribution >= 0.6 is 15.9 Å². The highest BCUT2D eigenvalue weighted by Gasteiger charge is 2.14. The molecule has 2 rings (SSSR count). The predicted molar refractivity (Wildman–Crippen MR) is 71.6 cm³/mol. The van der Waals surface area contributed by atoms with Crippen molar-refractivity contribution in [3.05, 3.63) is 40.2 Å². The summed E-state index contributed by atoms with van der Waals surface area (Å²) in [5.41, 5.74) is 0.366. The van der Waals surface area contributed by atoms with Gasteiger partial charge in [-0.05, 0) is 35.0 Å². The third-order valence-electron chi connectivity index (χ3n) is 2.38. The van der Waals surface area contributed by atoms with E-state index in [-0.39, 0.29) is 11.9 Å². The van der Waals surface area contributed by atoms with Crippen molar-refractivity contribution in [2.24, 2.45) is 0 Å². The number of aromatic nitrogens is 3. The quantitative estimate of drug-likeness (QED) is 0.868. The van der Waals surface area contributed by atoms with Crippen LogP contribution in [0.2, 0.25) is 0 Å². The van der Waals surface area contributed by atoms with Gasteiger partial charge in [0.05, 0.1) is 0 Å². The predicted octanol–water partition coefficient (Wildman–Crippen LogP) is 1.90. The summed E-state index contributed by atoms with van der Waals surface area (Å²) in [5, 5.41) is 6.63. The molecule has 7 heteroatoms. The van der Waals surface area contributed by atoms with E-state index in [1.807, 2.05) is 6.92 Å². The summed E-state index contributed by atoms with van der Waals surface area (Å²) in [4.78, 5) is 20.1. The van der Waals surface area contributed by atoms with Crippen molar-refractivity contribution in [2.75, 3.05) is 0 Å². The van der Waals surface area contributed by atoms with Crippen LogP contribution in [0.4, 0.5) is 0 Å². The van der Waals surface area contributed by atoms with Crippen LogP contribution in [-0.4, -0.2) is 27.1 Å². The molecule has 0 fully saturated rings. The first-order chi connectivity index (χ1) is 9.04. The lowest BCUT2D eigenvalue weighted by atomic mass is 10.2. The van der Waals surface area contributed by atoms with Crippen LogP contribution in [0, 0.1) is 6.92 Å². The third-order valence-corrected chi connectivity index (χ3v) is 2.83. The molecular weight excluding hydrogens is 312 g/mol. The minimum atomic E-state index is -0.228. The van der Waals surface area contributed by atoms with Crippen LogP contribution in [0.25, 0.3) is 0 Å². The summed E-state index contributed by atoms with van der Waals surface area (Å²) >= 11 is 3.23. The number of aryl methyl sites for hydroxylation is 1. The molecule has 19 heavy (non-hydrogen) atoms. The molecule has 1 atom stereocenters. The van der Waals surface area contributed by atoms with Crippen LogP contribution < -0.4 is 5.32 Å². The molecule has 1 amide bonds. The number of rotatable bonds is 4. The maximum absolute atomic E-state index is 11.9. The normalized spacial score (nSPS) is 12.2. The highest BCUT2D eigenvalue weighted by molar-refractivity contribution is 9.10. The van der Waals surface area contributed by atoms with Crippen LogP contribution in [0.15, 0.2) is 27.3 Å². The molecule has 2 aromatic heterocycles. The Bertz CT molecular complexity index is 585. The minimum Gasteiger partial charge on any atom is -0.348 e. The fourth-order valence-electron chi connectivity index (χ4n) is 1.58. The second kappa shape index (κ2) is 5.92. The zero-order chi connectivity index (χ0) is 13.8. The maximum atomic E-state index is 11.9. The molecule has 0 aliphatic rings. The van der Waals surface area contributed by atoms with Gasteiger partial charge >= 0.3 is 0 Å². The van der Waals surface area contributed by atoms with Crippen molar-refractivity contribution in [3.63, 3.8) is 0 Å². The first-order valence-electron chi connectivity index (χ1n) is 5.77. The largest absolute Gasteiger partial charge is 0.348 e. The van der Waals surface area contributed by atoms with Gasteiger partial charge in [-0.1, -0.05) is 11.2 Å². The van der Waals surface area contributed by atoms with Gasteiger partial charge in [-0.25, -0.2) is 4.98 Å².